The van der Waals surface area contributed by atoms with Gasteiger partial charge in [0.05, 0.1) is 0 Å². The van der Waals surface area contributed by atoms with Gasteiger partial charge in [0.2, 0.25) is 0 Å². The number of hydrogen-bond donors (Lipinski definition) is 0. The van der Waals surface area contributed by atoms with Crippen molar-refractivity contribution in [3.8, 4) is 11.1 Å². The number of benzene rings is 2. The van der Waals surface area contributed by atoms with Crippen molar-refractivity contribution in [2.75, 3.05) is 0 Å². The number of hydrogen-bond acceptors (Lipinski definition) is 1. The van der Waals surface area contributed by atoms with Gasteiger partial charge in [-0.15, -0.1) is 11.3 Å². The molecule has 0 saturated heterocycles. The molecule has 1 unspecified atom stereocenters. The van der Waals surface area contributed by atoms with E-state index in [9.17, 15) is 0 Å². The van der Waals surface area contributed by atoms with Crippen LogP contribution >= 0.6 is 11.3 Å². The third kappa shape index (κ3) is 1.82. The second-order valence-corrected chi connectivity index (χ2v) is 6.59. The Bertz CT molecular complexity index is 885. The minimum atomic E-state index is 0.643. The molecule has 1 aromatic heterocycles. The van der Waals surface area contributed by atoms with Gasteiger partial charge in [0.1, 0.15) is 0 Å². The van der Waals surface area contributed by atoms with E-state index < -0.39 is 0 Å². The minimum absolute atomic E-state index is 0.643. The van der Waals surface area contributed by atoms with Crippen molar-refractivity contribution in [1.82, 2.24) is 0 Å². The fourth-order valence-electron chi connectivity index (χ4n) is 3.01. The molecule has 4 rings (SSSR count). The molecule has 0 radical (unpaired) electrons. The van der Waals surface area contributed by atoms with E-state index in [0.717, 1.165) is 0 Å². The normalized spacial score (nSPS) is 17.4. The molecule has 0 saturated carbocycles. The lowest BCUT2D eigenvalue weighted by Gasteiger charge is -2.07. The first-order valence-electron chi connectivity index (χ1n) is 7.12. The fraction of sp³-hybridized carbons (Fsp3) is 0.158. The largest absolute Gasteiger partial charge is 0.136 e. The highest BCUT2D eigenvalue weighted by Gasteiger charge is 2.11. The first-order valence-corrected chi connectivity index (χ1v) is 7.93. The summed E-state index contributed by atoms with van der Waals surface area (Å²) < 4.78 is 2.85. The van der Waals surface area contributed by atoms with Crippen molar-refractivity contribution in [2.24, 2.45) is 5.92 Å². The molecule has 0 nitrogen and oxygen atoms in total. The third-order valence-corrected chi connectivity index (χ3v) is 5.16. The van der Waals surface area contributed by atoms with E-state index in [2.05, 4.69) is 67.6 Å². The van der Waals surface area contributed by atoms with Crippen LogP contribution in [0, 0.1) is 5.92 Å². The molecule has 1 heterocycles. The Morgan fingerprint density at radius 1 is 1.00 bits per heavy atom. The molecule has 0 fully saturated rings. The van der Waals surface area contributed by atoms with Crippen molar-refractivity contribution < 1.29 is 0 Å². The standard InChI is InChI=1S/C19H16S/c1-13-10-11-17-16(12-13)19-15(8-5-9-18(19)20-17)14-6-3-2-4-7-14/h2-9,11-13H,10H2,1H3. The Kier molecular flexibility index (Phi) is 2.75. The van der Waals surface area contributed by atoms with E-state index >= 15 is 0 Å². The zero-order chi connectivity index (χ0) is 13.5. The molecule has 3 aromatic rings. The Hall–Kier alpha value is -1.86. The van der Waals surface area contributed by atoms with Crippen LogP contribution in [0.4, 0.5) is 0 Å². The molecule has 0 amide bonds. The molecular weight excluding hydrogens is 260 g/mol. The van der Waals surface area contributed by atoms with Gasteiger partial charge in [-0.3, -0.25) is 0 Å². The molecule has 2 aromatic carbocycles. The van der Waals surface area contributed by atoms with Crippen molar-refractivity contribution in [2.45, 2.75) is 13.3 Å². The topological polar surface area (TPSA) is 0 Å². The molecule has 0 spiro atoms. The summed E-state index contributed by atoms with van der Waals surface area (Å²) in [4.78, 5) is 0. The Labute approximate surface area is 122 Å². The summed E-state index contributed by atoms with van der Waals surface area (Å²) in [6, 6.07) is 17.4. The molecule has 0 bridgehead atoms. The quantitative estimate of drug-likeness (QED) is 0.626. The van der Waals surface area contributed by atoms with Crippen molar-refractivity contribution in [1.29, 1.82) is 0 Å². The lowest BCUT2D eigenvalue weighted by Crippen LogP contribution is -2.23. The Morgan fingerprint density at radius 2 is 1.85 bits per heavy atom. The zero-order valence-corrected chi connectivity index (χ0v) is 12.3. The highest BCUT2D eigenvalue weighted by Crippen LogP contribution is 2.28. The second-order valence-electron chi connectivity index (χ2n) is 5.51. The van der Waals surface area contributed by atoms with Crippen LogP contribution in [0.3, 0.4) is 0 Å². The molecule has 1 atom stereocenters. The molecule has 20 heavy (non-hydrogen) atoms. The van der Waals surface area contributed by atoms with Gasteiger partial charge in [0.25, 0.3) is 0 Å². The van der Waals surface area contributed by atoms with Gasteiger partial charge in [-0.25, -0.2) is 0 Å². The smallest absolute Gasteiger partial charge is 0.0361 e. The fourth-order valence-corrected chi connectivity index (χ4v) is 4.18. The summed E-state index contributed by atoms with van der Waals surface area (Å²) in [5.41, 5.74) is 2.67. The highest BCUT2D eigenvalue weighted by molar-refractivity contribution is 7.17. The van der Waals surface area contributed by atoms with Gasteiger partial charge in [0.15, 0.2) is 0 Å². The van der Waals surface area contributed by atoms with E-state index in [1.807, 2.05) is 11.3 Å². The summed E-state index contributed by atoms with van der Waals surface area (Å²) in [6.07, 6.45) is 6.01. The van der Waals surface area contributed by atoms with Crippen LogP contribution in [0.15, 0.2) is 48.5 Å². The monoisotopic (exact) mass is 276 g/mol. The highest BCUT2D eigenvalue weighted by atomic mass is 32.1. The van der Waals surface area contributed by atoms with Crippen LogP contribution in [-0.2, 0) is 0 Å². The summed E-state index contributed by atoms with van der Waals surface area (Å²) in [6.45, 7) is 2.30. The Morgan fingerprint density at radius 3 is 2.70 bits per heavy atom. The van der Waals surface area contributed by atoms with Gasteiger partial charge >= 0.3 is 0 Å². The Balaban J connectivity index is 2.14. The predicted octanol–water partition coefficient (Wildman–Crippen LogP) is 4.17. The third-order valence-electron chi connectivity index (χ3n) is 3.99. The van der Waals surface area contributed by atoms with Crippen LogP contribution in [0.25, 0.3) is 33.4 Å². The van der Waals surface area contributed by atoms with Gasteiger partial charge < -0.3 is 0 Å². The van der Waals surface area contributed by atoms with Gasteiger partial charge in [-0.2, -0.15) is 0 Å². The van der Waals surface area contributed by atoms with Gasteiger partial charge in [-0.1, -0.05) is 61.5 Å². The van der Waals surface area contributed by atoms with Crippen molar-refractivity contribution in [3.63, 3.8) is 0 Å². The summed E-state index contributed by atoms with van der Waals surface area (Å²) in [7, 11) is 0. The molecule has 0 N–H and O–H groups in total. The summed E-state index contributed by atoms with van der Waals surface area (Å²) in [5.74, 6) is 0.643. The van der Waals surface area contributed by atoms with Crippen molar-refractivity contribution >= 4 is 33.6 Å². The number of rotatable bonds is 1. The number of thiophene rings is 1. The van der Waals surface area contributed by atoms with Crippen LogP contribution in [0.1, 0.15) is 13.3 Å². The second kappa shape index (κ2) is 4.60. The SMILES string of the molecule is CC1C=c2c(sc3cccc(-c4ccccc4)c23)=CC1. The van der Waals surface area contributed by atoms with Gasteiger partial charge in [0, 0.05) is 14.6 Å². The average molecular weight is 276 g/mol. The summed E-state index contributed by atoms with van der Waals surface area (Å²) >= 11 is 1.92. The van der Waals surface area contributed by atoms with Crippen LogP contribution in [-0.4, -0.2) is 0 Å². The summed E-state index contributed by atoms with van der Waals surface area (Å²) in [5, 5.41) is 2.88. The van der Waals surface area contributed by atoms with Crippen LogP contribution < -0.4 is 9.75 Å². The zero-order valence-electron chi connectivity index (χ0n) is 11.5. The number of fused-ring (bicyclic) bond motifs is 3. The van der Waals surface area contributed by atoms with Crippen LogP contribution in [0.5, 0.6) is 0 Å². The maximum absolute atomic E-state index is 2.45. The van der Waals surface area contributed by atoms with E-state index in [1.54, 1.807) is 0 Å². The predicted molar refractivity (Wildman–Crippen MR) is 89.2 cm³/mol. The molecule has 1 aliphatic rings. The minimum Gasteiger partial charge on any atom is -0.136 e. The maximum Gasteiger partial charge on any atom is 0.0361 e. The first kappa shape index (κ1) is 11.9. The molecule has 1 heteroatoms. The van der Waals surface area contributed by atoms with E-state index in [-0.39, 0.29) is 0 Å². The average Bonchev–Trinajstić information content (AvgIpc) is 2.86. The van der Waals surface area contributed by atoms with Crippen LogP contribution in [0.2, 0.25) is 0 Å². The van der Waals surface area contributed by atoms with Crippen molar-refractivity contribution in [3.05, 3.63) is 58.3 Å². The molecule has 0 aliphatic heterocycles. The maximum atomic E-state index is 2.45. The van der Waals surface area contributed by atoms with E-state index in [1.165, 1.54) is 37.4 Å². The van der Waals surface area contributed by atoms with E-state index in [0.29, 0.717) is 5.92 Å². The first-order chi connectivity index (χ1) is 9.83. The molecule has 98 valence electrons. The van der Waals surface area contributed by atoms with E-state index in [4.69, 9.17) is 0 Å². The molecule has 1 aliphatic carbocycles. The van der Waals surface area contributed by atoms with Gasteiger partial charge in [-0.05, 0) is 34.8 Å². The lowest BCUT2D eigenvalue weighted by molar-refractivity contribution is 0.803. The molecular formula is C19H16S. The lowest BCUT2D eigenvalue weighted by atomic mass is 9.97.